The van der Waals surface area contributed by atoms with Gasteiger partial charge < -0.3 is 5.11 Å². The highest BCUT2D eigenvalue weighted by molar-refractivity contribution is 5.33. The van der Waals surface area contributed by atoms with Gasteiger partial charge in [-0.1, -0.05) is 24.3 Å². The van der Waals surface area contributed by atoms with Crippen LogP contribution in [0.5, 0.6) is 5.75 Å². The Hall–Kier alpha value is -1.83. The lowest BCUT2D eigenvalue weighted by molar-refractivity contribution is 0.474. The van der Waals surface area contributed by atoms with Gasteiger partial charge in [0.25, 0.3) is 0 Å². The molecule has 0 aromatic heterocycles. The quantitative estimate of drug-likeness (QED) is 0.815. The average Bonchev–Trinajstić information content (AvgIpc) is 2.24. The molecule has 0 saturated carbocycles. The lowest BCUT2D eigenvalue weighted by atomic mass is 10.0. The SMILES string of the molecule is Cc1ccc(Cc2cccc(O)c2)cc1F. The van der Waals surface area contributed by atoms with E-state index in [1.54, 1.807) is 37.3 Å². The molecule has 0 atom stereocenters. The molecule has 0 unspecified atom stereocenters. The highest BCUT2D eigenvalue weighted by atomic mass is 19.1. The fourth-order valence-electron chi connectivity index (χ4n) is 1.65. The van der Waals surface area contributed by atoms with Crippen molar-refractivity contribution >= 4 is 0 Å². The van der Waals surface area contributed by atoms with Gasteiger partial charge in [-0.05, 0) is 48.2 Å². The van der Waals surface area contributed by atoms with Gasteiger partial charge in [-0.15, -0.1) is 0 Å². The van der Waals surface area contributed by atoms with E-state index in [-0.39, 0.29) is 11.6 Å². The molecule has 2 aromatic rings. The van der Waals surface area contributed by atoms with Crippen LogP contribution in [0, 0.1) is 12.7 Å². The standard InChI is InChI=1S/C14H13FO/c1-10-5-6-12(9-14(10)15)7-11-3-2-4-13(16)8-11/h2-6,8-9,16H,7H2,1H3. The third kappa shape index (κ3) is 2.40. The number of hydrogen-bond acceptors (Lipinski definition) is 1. The number of benzene rings is 2. The van der Waals surface area contributed by atoms with E-state index in [1.165, 1.54) is 0 Å². The third-order valence-electron chi connectivity index (χ3n) is 2.56. The summed E-state index contributed by atoms with van der Waals surface area (Å²) in [4.78, 5) is 0. The first-order chi connectivity index (χ1) is 7.65. The van der Waals surface area contributed by atoms with Crippen molar-refractivity contribution in [3.05, 3.63) is 65.0 Å². The molecule has 0 saturated heterocycles. The summed E-state index contributed by atoms with van der Waals surface area (Å²) in [7, 11) is 0. The Labute approximate surface area is 94.2 Å². The van der Waals surface area contributed by atoms with E-state index in [9.17, 15) is 9.50 Å². The molecular weight excluding hydrogens is 203 g/mol. The van der Waals surface area contributed by atoms with Gasteiger partial charge in [-0.2, -0.15) is 0 Å². The molecular formula is C14H13FO. The summed E-state index contributed by atoms with van der Waals surface area (Å²) in [6.45, 7) is 1.74. The predicted octanol–water partition coefficient (Wildman–Crippen LogP) is 3.43. The maximum atomic E-state index is 13.3. The molecule has 1 N–H and O–H groups in total. The second kappa shape index (κ2) is 4.35. The van der Waals surface area contributed by atoms with Crippen molar-refractivity contribution in [1.29, 1.82) is 0 Å². The molecule has 0 bridgehead atoms. The van der Waals surface area contributed by atoms with Crippen molar-refractivity contribution in [3.8, 4) is 5.75 Å². The highest BCUT2D eigenvalue weighted by Gasteiger charge is 2.01. The molecule has 0 aliphatic rings. The van der Waals surface area contributed by atoms with E-state index in [1.807, 2.05) is 12.1 Å². The molecule has 1 nitrogen and oxygen atoms in total. The number of rotatable bonds is 2. The van der Waals surface area contributed by atoms with Crippen LogP contribution >= 0.6 is 0 Å². The van der Waals surface area contributed by atoms with Crippen LogP contribution < -0.4 is 0 Å². The van der Waals surface area contributed by atoms with Gasteiger partial charge in [0.15, 0.2) is 0 Å². The van der Waals surface area contributed by atoms with Crippen LogP contribution in [0.3, 0.4) is 0 Å². The number of phenols is 1. The Morgan fingerprint density at radius 1 is 1.06 bits per heavy atom. The molecule has 0 aliphatic carbocycles. The molecule has 2 aromatic carbocycles. The summed E-state index contributed by atoms with van der Waals surface area (Å²) in [5.74, 6) is 0.0581. The van der Waals surface area contributed by atoms with Gasteiger partial charge in [0, 0.05) is 0 Å². The van der Waals surface area contributed by atoms with E-state index in [2.05, 4.69) is 0 Å². The molecule has 0 aliphatic heterocycles. The molecule has 0 spiro atoms. The van der Waals surface area contributed by atoms with Gasteiger partial charge in [0.2, 0.25) is 0 Å². The molecule has 2 rings (SSSR count). The van der Waals surface area contributed by atoms with E-state index >= 15 is 0 Å². The van der Waals surface area contributed by atoms with E-state index in [4.69, 9.17) is 0 Å². The van der Waals surface area contributed by atoms with Gasteiger partial charge in [0.05, 0.1) is 0 Å². The predicted molar refractivity (Wildman–Crippen MR) is 62.0 cm³/mol. The first-order valence-electron chi connectivity index (χ1n) is 5.18. The zero-order chi connectivity index (χ0) is 11.5. The van der Waals surface area contributed by atoms with Crippen LogP contribution in [0.15, 0.2) is 42.5 Å². The van der Waals surface area contributed by atoms with Crippen LogP contribution in [0.4, 0.5) is 4.39 Å². The van der Waals surface area contributed by atoms with Crippen molar-refractivity contribution in [2.75, 3.05) is 0 Å². The minimum absolute atomic E-state index is 0.183. The highest BCUT2D eigenvalue weighted by Crippen LogP contribution is 2.16. The molecule has 2 heteroatoms. The number of phenolic OH excluding ortho intramolecular Hbond substituents is 1. The number of aryl methyl sites for hydroxylation is 1. The maximum absolute atomic E-state index is 13.3. The summed E-state index contributed by atoms with van der Waals surface area (Å²) in [6, 6.07) is 12.2. The van der Waals surface area contributed by atoms with Crippen molar-refractivity contribution in [2.24, 2.45) is 0 Å². The molecule has 16 heavy (non-hydrogen) atoms. The minimum Gasteiger partial charge on any atom is -0.508 e. The zero-order valence-electron chi connectivity index (χ0n) is 9.07. The fourth-order valence-corrected chi connectivity index (χ4v) is 1.65. The lowest BCUT2D eigenvalue weighted by Crippen LogP contribution is -1.90. The number of halogens is 1. The first kappa shape index (κ1) is 10.7. The summed E-state index contributed by atoms with van der Waals surface area (Å²) in [5.41, 5.74) is 2.54. The second-order valence-electron chi connectivity index (χ2n) is 3.93. The van der Waals surface area contributed by atoms with Crippen LogP contribution in [0.2, 0.25) is 0 Å². The van der Waals surface area contributed by atoms with E-state index in [0.29, 0.717) is 12.0 Å². The zero-order valence-corrected chi connectivity index (χ0v) is 9.07. The Balaban J connectivity index is 2.24. The lowest BCUT2D eigenvalue weighted by Gasteiger charge is -2.04. The van der Waals surface area contributed by atoms with Crippen LogP contribution in [0.1, 0.15) is 16.7 Å². The molecule has 0 radical (unpaired) electrons. The second-order valence-corrected chi connectivity index (χ2v) is 3.93. The monoisotopic (exact) mass is 216 g/mol. The van der Waals surface area contributed by atoms with Crippen molar-refractivity contribution in [1.82, 2.24) is 0 Å². The number of aromatic hydroxyl groups is 1. The average molecular weight is 216 g/mol. The van der Waals surface area contributed by atoms with Crippen molar-refractivity contribution in [3.63, 3.8) is 0 Å². The van der Waals surface area contributed by atoms with Gasteiger partial charge in [-0.25, -0.2) is 4.39 Å². The molecule has 82 valence electrons. The van der Waals surface area contributed by atoms with Crippen LogP contribution in [0.25, 0.3) is 0 Å². The third-order valence-corrected chi connectivity index (χ3v) is 2.56. The van der Waals surface area contributed by atoms with Gasteiger partial charge >= 0.3 is 0 Å². The summed E-state index contributed by atoms with van der Waals surface area (Å²) < 4.78 is 13.3. The van der Waals surface area contributed by atoms with Crippen LogP contribution in [-0.4, -0.2) is 5.11 Å². The normalized spacial score (nSPS) is 10.4. The summed E-state index contributed by atoms with van der Waals surface area (Å²) >= 11 is 0. The van der Waals surface area contributed by atoms with E-state index in [0.717, 1.165) is 11.1 Å². The number of hydrogen-bond donors (Lipinski definition) is 1. The maximum Gasteiger partial charge on any atom is 0.126 e. The Kier molecular flexibility index (Phi) is 2.91. The van der Waals surface area contributed by atoms with Crippen molar-refractivity contribution in [2.45, 2.75) is 13.3 Å². The Morgan fingerprint density at radius 2 is 1.81 bits per heavy atom. The fraction of sp³-hybridized carbons (Fsp3) is 0.143. The largest absolute Gasteiger partial charge is 0.508 e. The Bertz CT molecular complexity index is 506. The summed E-state index contributed by atoms with van der Waals surface area (Å²) in [5, 5.41) is 9.32. The molecule has 0 heterocycles. The molecule has 0 amide bonds. The van der Waals surface area contributed by atoms with Gasteiger partial charge in [0.1, 0.15) is 11.6 Å². The topological polar surface area (TPSA) is 20.2 Å². The van der Waals surface area contributed by atoms with Crippen LogP contribution in [-0.2, 0) is 6.42 Å². The first-order valence-corrected chi connectivity index (χ1v) is 5.18. The van der Waals surface area contributed by atoms with Gasteiger partial charge in [-0.3, -0.25) is 0 Å². The minimum atomic E-state index is -0.183. The smallest absolute Gasteiger partial charge is 0.126 e. The van der Waals surface area contributed by atoms with Crippen molar-refractivity contribution < 1.29 is 9.50 Å². The van der Waals surface area contributed by atoms with E-state index < -0.39 is 0 Å². The Morgan fingerprint density at radius 3 is 2.50 bits per heavy atom. The molecule has 0 fully saturated rings. The summed E-state index contributed by atoms with van der Waals surface area (Å²) in [6.07, 6.45) is 0.631.